The van der Waals surface area contributed by atoms with Gasteiger partial charge in [-0.3, -0.25) is 19.3 Å². The van der Waals surface area contributed by atoms with Crippen LogP contribution in [0.4, 0.5) is 11.4 Å². The lowest BCUT2D eigenvalue weighted by Crippen LogP contribution is -2.36. The van der Waals surface area contributed by atoms with Crippen LogP contribution < -0.4 is 19.7 Å². The number of rotatable bonds is 5. The van der Waals surface area contributed by atoms with Gasteiger partial charge in [-0.15, -0.1) is 0 Å². The van der Waals surface area contributed by atoms with Crippen molar-refractivity contribution in [3.05, 3.63) is 23.9 Å². The summed E-state index contributed by atoms with van der Waals surface area (Å²) in [5, 5.41) is 12.0. The summed E-state index contributed by atoms with van der Waals surface area (Å²) in [5.74, 6) is -0.00247. The van der Waals surface area contributed by atoms with Gasteiger partial charge in [-0.1, -0.05) is 0 Å². The second-order valence-corrected chi connectivity index (χ2v) is 6.43. The van der Waals surface area contributed by atoms with Crippen LogP contribution in [0.2, 0.25) is 0 Å². The summed E-state index contributed by atoms with van der Waals surface area (Å²) >= 11 is 0. The minimum atomic E-state index is -0.525. The number of benzene rings is 1. The van der Waals surface area contributed by atoms with Gasteiger partial charge < -0.3 is 24.8 Å². The molecule has 1 aromatic carbocycles. The molecule has 1 aromatic rings. The first-order valence-corrected chi connectivity index (χ1v) is 8.78. The third kappa shape index (κ3) is 3.10. The predicted molar refractivity (Wildman–Crippen MR) is 94.3 cm³/mol. The maximum absolute atomic E-state index is 12.4. The number of aliphatic hydroxyl groups excluding tert-OH is 1. The van der Waals surface area contributed by atoms with Gasteiger partial charge in [0, 0.05) is 31.2 Å². The van der Waals surface area contributed by atoms with Crippen molar-refractivity contribution < 1.29 is 29.0 Å². The Labute approximate surface area is 155 Å². The number of carbonyl (C=O) groups is 3. The molecule has 27 heavy (non-hydrogen) atoms. The number of nitrogens with one attached hydrogen (secondary N) is 1. The molecule has 0 unspecified atom stereocenters. The van der Waals surface area contributed by atoms with Crippen molar-refractivity contribution in [2.45, 2.75) is 19.3 Å². The number of hydrogen-bond acceptors (Lipinski definition) is 7. The molecule has 3 heterocycles. The van der Waals surface area contributed by atoms with Crippen molar-refractivity contribution in [3.8, 4) is 11.5 Å². The minimum absolute atomic E-state index is 0.00660. The van der Waals surface area contributed by atoms with Gasteiger partial charge in [0.25, 0.3) is 11.8 Å². The number of anilines is 2. The van der Waals surface area contributed by atoms with Gasteiger partial charge in [-0.05, 0) is 12.8 Å². The fourth-order valence-electron chi connectivity index (χ4n) is 3.37. The summed E-state index contributed by atoms with van der Waals surface area (Å²) in [6, 6.07) is 3.37. The number of amides is 3. The minimum Gasteiger partial charge on any atom is -0.454 e. The fourth-order valence-corrected chi connectivity index (χ4v) is 3.37. The Bertz CT molecular complexity index is 850. The Hall–Kier alpha value is -3.07. The van der Waals surface area contributed by atoms with Gasteiger partial charge in [0.1, 0.15) is 5.70 Å². The van der Waals surface area contributed by atoms with Crippen LogP contribution in [0, 0.1) is 0 Å². The zero-order chi connectivity index (χ0) is 19.0. The molecule has 2 N–H and O–H groups in total. The standard InChI is InChI=1S/C18H19N3O6/c22-6-5-21-17(24)8-12(18(21)25)19-11-7-14-15(27-10-26-14)9-13(11)20-4-2-1-3-16(20)23/h7-9,19,22H,1-6,10H2. The summed E-state index contributed by atoms with van der Waals surface area (Å²) in [6.45, 7) is 0.264. The summed E-state index contributed by atoms with van der Waals surface area (Å²) in [4.78, 5) is 39.4. The molecule has 0 spiro atoms. The zero-order valence-electron chi connectivity index (χ0n) is 14.6. The van der Waals surface area contributed by atoms with Crippen LogP contribution in [-0.2, 0) is 14.4 Å². The van der Waals surface area contributed by atoms with Crippen LogP contribution in [0.5, 0.6) is 11.5 Å². The Balaban J connectivity index is 1.68. The van der Waals surface area contributed by atoms with Gasteiger partial charge in [0.05, 0.1) is 24.5 Å². The molecule has 0 aliphatic carbocycles. The molecule has 9 nitrogen and oxygen atoms in total. The molecule has 0 radical (unpaired) electrons. The predicted octanol–water partition coefficient (Wildman–Crippen LogP) is 0.589. The average Bonchev–Trinajstić information content (AvgIpc) is 3.21. The Morgan fingerprint density at radius 1 is 1.11 bits per heavy atom. The number of piperidine rings is 1. The van der Waals surface area contributed by atoms with Crippen LogP contribution in [0.1, 0.15) is 19.3 Å². The number of imide groups is 1. The zero-order valence-corrected chi connectivity index (χ0v) is 14.6. The summed E-state index contributed by atoms with van der Waals surface area (Å²) in [6.07, 6.45) is 3.36. The maximum atomic E-state index is 12.4. The highest BCUT2D eigenvalue weighted by Crippen LogP contribution is 2.42. The van der Waals surface area contributed by atoms with Crippen LogP contribution in [0.15, 0.2) is 23.9 Å². The van der Waals surface area contributed by atoms with Crippen LogP contribution in [0.25, 0.3) is 0 Å². The lowest BCUT2D eigenvalue weighted by Gasteiger charge is -2.29. The normalized spacial score (nSPS) is 19.0. The van der Waals surface area contributed by atoms with Gasteiger partial charge in [0.2, 0.25) is 12.7 Å². The van der Waals surface area contributed by atoms with Crippen molar-refractivity contribution in [2.75, 3.05) is 36.7 Å². The van der Waals surface area contributed by atoms with E-state index >= 15 is 0 Å². The quantitative estimate of drug-likeness (QED) is 0.727. The lowest BCUT2D eigenvalue weighted by molar-refractivity contribution is -0.137. The van der Waals surface area contributed by atoms with E-state index in [4.69, 9.17) is 14.6 Å². The Morgan fingerprint density at radius 3 is 2.63 bits per heavy atom. The van der Waals surface area contributed by atoms with E-state index in [-0.39, 0.29) is 31.5 Å². The Morgan fingerprint density at radius 2 is 1.89 bits per heavy atom. The van der Waals surface area contributed by atoms with Gasteiger partial charge in [-0.2, -0.15) is 0 Å². The van der Waals surface area contributed by atoms with Gasteiger partial charge in [0.15, 0.2) is 11.5 Å². The van der Waals surface area contributed by atoms with Crippen LogP contribution in [0.3, 0.4) is 0 Å². The molecule has 3 aliphatic heterocycles. The number of aliphatic hydroxyl groups is 1. The molecule has 4 rings (SSSR count). The summed E-state index contributed by atoms with van der Waals surface area (Å²) in [5.41, 5.74) is 1.14. The molecule has 3 amide bonds. The van der Waals surface area contributed by atoms with Gasteiger partial charge in [-0.25, -0.2) is 0 Å². The number of hydrogen-bond donors (Lipinski definition) is 2. The molecule has 0 atom stereocenters. The highest BCUT2D eigenvalue weighted by molar-refractivity contribution is 6.17. The second kappa shape index (κ2) is 6.92. The lowest BCUT2D eigenvalue weighted by atomic mass is 10.1. The first-order valence-electron chi connectivity index (χ1n) is 8.78. The maximum Gasteiger partial charge on any atom is 0.277 e. The van der Waals surface area contributed by atoms with Crippen molar-refractivity contribution in [1.82, 2.24) is 4.90 Å². The molecule has 0 saturated carbocycles. The van der Waals surface area contributed by atoms with Crippen LogP contribution >= 0.6 is 0 Å². The highest BCUT2D eigenvalue weighted by Gasteiger charge is 2.32. The molecule has 0 bridgehead atoms. The molecular formula is C18H19N3O6. The van der Waals surface area contributed by atoms with Crippen molar-refractivity contribution in [3.63, 3.8) is 0 Å². The van der Waals surface area contributed by atoms with Crippen molar-refractivity contribution in [2.24, 2.45) is 0 Å². The molecule has 1 saturated heterocycles. The third-order valence-electron chi connectivity index (χ3n) is 4.71. The number of carbonyl (C=O) groups excluding carboxylic acids is 3. The smallest absolute Gasteiger partial charge is 0.277 e. The monoisotopic (exact) mass is 373 g/mol. The van der Waals surface area contributed by atoms with E-state index in [9.17, 15) is 14.4 Å². The highest BCUT2D eigenvalue weighted by atomic mass is 16.7. The van der Waals surface area contributed by atoms with E-state index in [0.717, 1.165) is 17.7 Å². The topological polar surface area (TPSA) is 108 Å². The molecule has 0 aromatic heterocycles. The molecule has 142 valence electrons. The average molecular weight is 373 g/mol. The van der Waals surface area contributed by atoms with E-state index in [2.05, 4.69) is 5.32 Å². The second-order valence-electron chi connectivity index (χ2n) is 6.43. The molecule has 3 aliphatic rings. The third-order valence-corrected chi connectivity index (χ3v) is 4.71. The number of β-amino-alcohol motifs (C(OH)–C–C–N with tert-alkyl or cyclic N) is 1. The van der Waals surface area contributed by atoms with Crippen LogP contribution in [-0.4, -0.2) is 54.2 Å². The van der Waals surface area contributed by atoms with E-state index in [1.807, 2.05) is 0 Å². The van der Waals surface area contributed by atoms with Gasteiger partial charge >= 0.3 is 0 Å². The van der Waals surface area contributed by atoms with Crippen molar-refractivity contribution in [1.29, 1.82) is 0 Å². The van der Waals surface area contributed by atoms with E-state index in [1.165, 1.54) is 6.08 Å². The van der Waals surface area contributed by atoms with Crippen molar-refractivity contribution >= 4 is 29.1 Å². The summed E-state index contributed by atoms with van der Waals surface area (Å²) < 4.78 is 10.8. The Kier molecular flexibility index (Phi) is 4.44. The number of nitrogens with zero attached hydrogens (tertiary/aromatic N) is 2. The fraction of sp³-hybridized carbons (Fsp3) is 0.389. The SMILES string of the molecule is O=C1C=C(Nc2cc3c(cc2N2CCCCC2=O)OCO3)C(=O)N1CCO. The van der Waals surface area contributed by atoms with E-state index < -0.39 is 11.8 Å². The largest absolute Gasteiger partial charge is 0.454 e. The molecule has 9 heteroatoms. The first-order chi connectivity index (χ1) is 13.1. The molecule has 1 fully saturated rings. The summed E-state index contributed by atoms with van der Waals surface area (Å²) in [7, 11) is 0. The number of fused-ring (bicyclic) bond motifs is 1. The van der Waals surface area contributed by atoms with E-state index in [0.29, 0.717) is 35.8 Å². The first kappa shape index (κ1) is 17.3. The molecular weight excluding hydrogens is 354 g/mol. The number of ether oxygens (including phenoxy) is 2. The van der Waals surface area contributed by atoms with E-state index in [1.54, 1.807) is 17.0 Å².